The van der Waals surface area contributed by atoms with E-state index in [4.69, 9.17) is 21.1 Å². The van der Waals surface area contributed by atoms with Gasteiger partial charge in [0.15, 0.2) is 0 Å². The number of carbonyl (C=O) groups is 2. The van der Waals surface area contributed by atoms with E-state index in [0.29, 0.717) is 27.7 Å². The Hall–Kier alpha value is -2.27. The Morgan fingerprint density at radius 2 is 1.78 bits per heavy atom. The number of halogens is 1. The molecule has 0 fully saturated rings. The van der Waals surface area contributed by atoms with Crippen LogP contribution in [0.3, 0.4) is 0 Å². The van der Waals surface area contributed by atoms with Gasteiger partial charge >= 0.3 is 5.97 Å². The summed E-state index contributed by atoms with van der Waals surface area (Å²) in [5, 5.41) is 0.363. The van der Waals surface area contributed by atoms with Crippen molar-refractivity contribution in [1.29, 1.82) is 0 Å². The molecule has 1 heterocycles. The number of carbonyl (C=O) groups excluding carboxylic acids is 2. The van der Waals surface area contributed by atoms with Crippen LogP contribution < -0.4 is 4.74 Å². The van der Waals surface area contributed by atoms with E-state index in [9.17, 15) is 9.59 Å². The van der Waals surface area contributed by atoms with Crippen LogP contribution in [-0.2, 0) is 16.6 Å². The molecule has 122 valence electrons. The van der Waals surface area contributed by atoms with Crippen LogP contribution in [0.15, 0.2) is 30.3 Å². The Morgan fingerprint density at radius 3 is 2.30 bits per heavy atom. The molecule has 0 spiro atoms. The number of hydrogen-bond donors (Lipinski definition) is 0. The monoisotopic (exact) mass is 335 g/mol. The highest BCUT2D eigenvalue weighted by molar-refractivity contribution is 6.32. The maximum Gasteiger partial charge on any atom is 0.314 e. The van der Waals surface area contributed by atoms with Gasteiger partial charge in [-0.1, -0.05) is 11.6 Å². The number of ether oxygens (including phenoxy) is 2. The van der Waals surface area contributed by atoms with Gasteiger partial charge in [0.25, 0.3) is 0 Å². The van der Waals surface area contributed by atoms with E-state index < -0.39 is 11.9 Å². The first-order valence-electron chi connectivity index (χ1n) is 7.02. The number of aromatic nitrogens is 1. The smallest absolute Gasteiger partial charge is 0.314 e. The maximum atomic E-state index is 12.7. The lowest BCUT2D eigenvalue weighted by molar-refractivity contribution is -0.142. The van der Waals surface area contributed by atoms with Crippen molar-refractivity contribution in [2.45, 2.75) is 12.8 Å². The fourth-order valence-corrected chi connectivity index (χ4v) is 2.87. The highest BCUT2D eigenvalue weighted by Gasteiger charge is 2.26. The average molecular weight is 336 g/mol. The van der Waals surface area contributed by atoms with Gasteiger partial charge < -0.3 is 14.0 Å². The van der Waals surface area contributed by atoms with E-state index in [1.807, 2.05) is 0 Å². The quantitative estimate of drug-likeness (QED) is 0.622. The summed E-state index contributed by atoms with van der Waals surface area (Å²) in [6.45, 7) is 1.69. The molecule has 0 bridgehead atoms. The van der Waals surface area contributed by atoms with Crippen LogP contribution in [0.4, 0.5) is 0 Å². The molecular formula is C17H18ClNO4. The van der Waals surface area contributed by atoms with Crippen molar-refractivity contribution in [1.82, 2.24) is 4.57 Å². The van der Waals surface area contributed by atoms with Gasteiger partial charge in [0, 0.05) is 12.6 Å². The molecule has 0 saturated heterocycles. The van der Waals surface area contributed by atoms with Crippen LogP contribution in [0.25, 0.3) is 0 Å². The van der Waals surface area contributed by atoms with Crippen LogP contribution in [0, 0.1) is 0 Å². The second-order valence-electron chi connectivity index (χ2n) is 5.12. The second kappa shape index (κ2) is 6.87. The Labute approximate surface area is 139 Å². The van der Waals surface area contributed by atoms with Gasteiger partial charge in [-0.25, -0.2) is 0 Å². The maximum absolute atomic E-state index is 12.7. The number of nitrogens with zero attached hydrogens (tertiary/aromatic N) is 1. The number of benzene rings is 1. The van der Waals surface area contributed by atoms with E-state index in [0.717, 1.165) is 0 Å². The normalized spacial score (nSPS) is 11.9. The molecule has 0 N–H and O–H groups in total. The van der Waals surface area contributed by atoms with E-state index in [1.54, 1.807) is 56.0 Å². The van der Waals surface area contributed by atoms with E-state index in [2.05, 4.69) is 0 Å². The van der Waals surface area contributed by atoms with Crippen LogP contribution in [-0.4, -0.2) is 30.5 Å². The molecule has 0 aliphatic heterocycles. The first-order valence-corrected chi connectivity index (χ1v) is 7.40. The molecule has 0 aliphatic rings. The summed E-state index contributed by atoms with van der Waals surface area (Å²) in [6.07, 6.45) is 0. The van der Waals surface area contributed by atoms with Crippen LogP contribution in [0.2, 0.25) is 5.02 Å². The molecule has 0 radical (unpaired) electrons. The topological polar surface area (TPSA) is 57.5 Å². The van der Waals surface area contributed by atoms with E-state index in [1.165, 1.54) is 7.11 Å². The van der Waals surface area contributed by atoms with Gasteiger partial charge in [0.05, 0.1) is 36.5 Å². The van der Waals surface area contributed by atoms with Crippen molar-refractivity contribution in [3.8, 4) is 5.75 Å². The Bertz CT molecular complexity index is 734. The summed E-state index contributed by atoms with van der Waals surface area (Å²) in [7, 11) is 4.59. The van der Waals surface area contributed by atoms with Gasteiger partial charge in [-0.15, -0.1) is 0 Å². The fraction of sp³-hybridized carbons (Fsp3) is 0.294. The summed E-state index contributed by atoms with van der Waals surface area (Å²) in [5.74, 6) is -0.474. The number of ketones is 1. The van der Waals surface area contributed by atoms with Gasteiger partial charge in [0.2, 0.25) is 5.78 Å². The molecule has 23 heavy (non-hydrogen) atoms. The van der Waals surface area contributed by atoms with Gasteiger partial charge in [0.1, 0.15) is 5.75 Å². The first-order chi connectivity index (χ1) is 10.9. The first kappa shape index (κ1) is 17.1. The molecule has 2 rings (SSSR count). The predicted octanol–water partition coefficient (Wildman–Crippen LogP) is 3.19. The van der Waals surface area contributed by atoms with Crippen LogP contribution in [0.1, 0.15) is 34.6 Å². The minimum Gasteiger partial charge on any atom is -0.497 e. The van der Waals surface area contributed by atoms with Crippen molar-refractivity contribution >= 4 is 23.4 Å². The molecular weight excluding hydrogens is 318 g/mol. The lowest BCUT2D eigenvalue weighted by Gasteiger charge is -2.13. The molecule has 5 nitrogen and oxygen atoms in total. The average Bonchev–Trinajstić information content (AvgIpc) is 2.87. The van der Waals surface area contributed by atoms with Crippen molar-refractivity contribution in [2.75, 3.05) is 14.2 Å². The highest BCUT2D eigenvalue weighted by atomic mass is 35.5. The SMILES string of the molecule is COC(=O)C(C)c1c(Cl)cc(C(=O)c2ccc(OC)cc2)n1C. The third-order valence-corrected chi connectivity index (χ3v) is 4.08. The Balaban J connectivity index is 2.40. The number of hydrogen-bond acceptors (Lipinski definition) is 4. The minimum absolute atomic E-state index is 0.180. The van der Waals surface area contributed by atoms with Crippen molar-refractivity contribution in [3.63, 3.8) is 0 Å². The van der Waals surface area contributed by atoms with Crippen LogP contribution >= 0.6 is 11.6 Å². The van der Waals surface area contributed by atoms with Gasteiger partial charge in [-0.2, -0.15) is 0 Å². The zero-order valence-corrected chi connectivity index (χ0v) is 14.2. The summed E-state index contributed by atoms with van der Waals surface area (Å²) in [5.41, 5.74) is 1.47. The second-order valence-corrected chi connectivity index (χ2v) is 5.53. The zero-order chi connectivity index (χ0) is 17.1. The van der Waals surface area contributed by atoms with Gasteiger partial charge in [-0.3, -0.25) is 9.59 Å². The predicted molar refractivity (Wildman–Crippen MR) is 87.3 cm³/mol. The zero-order valence-electron chi connectivity index (χ0n) is 13.4. The molecule has 6 heteroatoms. The molecule has 2 aromatic rings. The van der Waals surface area contributed by atoms with E-state index in [-0.39, 0.29) is 5.78 Å². The molecule has 1 aromatic heterocycles. The third kappa shape index (κ3) is 3.24. The lowest BCUT2D eigenvalue weighted by Crippen LogP contribution is -2.16. The van der Waals surface area contributed by atoms with Crippen molar-refractivity contribution in [2.24, 2.45) is 7.05 Å². The molecule has 0 aliphatic carbocycles. The molecule has 1 aromatic carbocycles. The van der Waals surface area contributed by atoms with Gasteiger partial charge in [-0.05, 0) is 37.3 Å². The summed E-state index contributed by atoms with van der Waals surface area (Å²) in [4.78, 5) is 24.4. The summed E-state index contributed by atoms with van der Waals surface area (Å²) >= 11 is 6.22. The standard InChI is InChI=1S/C17H18ClNO4/c1-10(17(21)23-4)15-13(18)9-14(19(15)2)16(20)11-5-7-12(22-3)8-6-11/h5-10H,1-4H3. The number of rotatable bonds is 5. The third-order valence-electron chi connectivity index (χ3n) is 3.78. The van der Waals surface area contributed by atoms with E-state index >= 15 is 0 Å². The molecule has 1 unspecified atom stereocenters. The molecule has 1 atom stereocenters. The highest BCUT2D eigenvalue weighted by Crippen LogP contribution is 2.29. The van der Waals surface area contributed by atoms with Crippen LogP contribution in [0.5, 0.6) is 5.75 Å². The Kier molecular flexibility index (Phi) is 5.11. The Morgan fingerprint density at radius 1 is 1.17 bits per heavy atom. The number of esters is 1. The minimum atomic E-state index is -0.560. The summed E-state index contributed by atoms with van der Waals surface area (Å²) in [6, 6.07) is 8.38. The largest absolute Gasteiger partial charge is 0.497 e. The fourth-order valence-electron chi connectivity index (χ4n) is 2.47. The number of methoxy groups -OCH3 is 2. The lowest BCUT2D eigenvalue weighted by atomic mass is 10.1. The molecule has 0 amide bonds. The van der Waals surface area contributed by atoms with Crippen molar-refractivity contribution < 1.29 is 19.1 Å². The molecule has 0 saturated carbocycles. The summed E-state index contributed by atoms with van der Waals surface area (Å²) < 4.78 is 11.5. The van der Waals surface area contributed by atoms with Crippen molar-refractivity contribution in [3.05, 3.63) is 52.3 Å².